The second-order valence-corrected chi connectivity index (χ2v) is 3.81. The fourth-order valence-corrected chi connectivity index (χ4v) is 1.67. The summed E-state index contributed by atoms with van der Waals surface area (Å²) in [6.45, 7) is 3.60. The van der Waals surface area contributed by atoms with Crippen molar-refractivity contribution in [1.82, 2.24) is 14.7 Å². The van der Waals surface area contributed by atoms with Gasteiger partial charge in [-0.3, -0.25) is 0 Å². The molecule has 0 aliphatic rings. The average molecular weight is 231 g/mol. The predicted octanol–water partition coefficient (Wildman–Crippen LogP) is 1.51. The van der Waals surface area contributed by atoms with Gasteiger partial charge in [-0.25, -0.2) is 4.98 Å². The number of aliphatic hydroxyl groups excluding tert-OH is 1. The third-order valence-corrected chi connectivity index (χ3v) is 2.59. The molecule has 1 unspecified atom stereocenters. The summed E-state index contributed by atoms with van der Waals surface area (Å²) in [7, 11) is 0. The lowest BCUT2D eigenvalue weighted by atomic mass is 10.2. The molecule has 0 bridgehead atoms. The Bertz CT molecular complexity index is 548. The van der Waals surface area contributed by atoms with Gasteiger partial charge in [-0.2, -0.15) is 0 Å². The number of rotatable bonds is 3. The monoisotopic (exact) mass is 231 g/mol. The third kappa shape index (κ3) is 2.08. The molecule has 2 rings (SSSR count). The van der Waals surface area contributed by atoms with Crippen LogP contribution in [-0.2, 0) is 0 Å². The number of aromatic nitrogens is 3. The molecule has 0 spiro atoms. The van der Waals surface area contributed by atoms with Crippen LogP contribution in [0.25, 0.3) is 0 Å². The van der Waals surface area contributed by atoms with Crippen molar-refractivity contribution in [3.8, 4) is 12.3 Å². The van der Waals surface area contributed by atoms with E-state index in [2.05, 4.69) is 16.1 Å². The number of nitrogens with zero attached hydrogens (tertiary/aromatic N) is 3. The van der Waals surface area contributed by atoms with Crippen LogP contribution in [0.15, 0.2) is 23.0 Å². The normalized spacial score (nSPS) is 14.2. The summed E-state index contributed by atoms with van der Waals surface area (Å²) in [6.07, 6.45) is 8.01. The van der Waals surface area contributed by atoms with Crippen LogP contribution in [0.4, 0.5) is 0 Å². The lowest BCUT2D eigenvalue weighted by Gasteiger charge is -2.14. The van der Waals surface area contributed by atoms with E-state index in [-0.39, 0.29) is 6.04 Å². The molecule has 17 heavy (non-hydrogen) atoms. The van der Waals surface area contributed by atoms with Crippen molar-refractivity contribution >= 4 is 0 Å². The van der Waals surface area contributed by atoms with Crippen molar-refractivity contribution in [2.24, 2.45) is 0 Å². The third-order valence-electron chi connectivity index (χ3n) is 2.59. The highest BCUT2D eigenvalue weighted by molar-refractivity contribution is 5.24. The van der Waals surface area contributed by atoms with Gasteiger partial charge in [0.15, 0.2) is 0 Å². The van der Waals surface area contributed by atoms with E-state index in [0.29, 0.717) is 17.3 Å². The zero-order valence-electron chi connectivity index (χ0n) is 9.66. The fourth-order valence-electron chi connectivity index (χ4n) is 1.67. The zero-order valence-corrected chi connectivity index (χ0v) is 9.66. The highest BCUT2D eigenvalue weighted by Gasteiger charge is 2.18. The molecule has 0 aliphatic carbocycles. The van der Waals surface area contributed by atoms with Gasteiger partial charge >= 0.3 is 0 Å². The Morgan fingerprint density at radius 2 is 2.29 bits per heavy atom. The van der Waals surface area contributed by atoms with E-state index in [9.17, 15) is 5.11 Å². The first kappa shape index (κ1) is 11.4. The molecule has 0 saturated heterocycles. The minimum Gasteiger partial charge on any atom is -0.385 e. The van der Waals surface area contributed by atoms with Crippen LogP contribution in [0.1, 0.15) is 43.3 Å². The Balaban J connectivity index is 2.34. The standard InChI is InChI=1S/C12H13N3O2/c1-4-10-7-11(14-17-10)8(2)15-6-5-13-12(15)9(3)16/h1,5-9,16H,2-3H3/t8?,9-/m0/s1. The van der Waals surface area contributed by atoms with Gasteiger partial charge in [-0.05, 0) is 19.8 Å². The van der Waals surface area contributed by atoms with E-state index in [1.807, 2.05) is 11.5 Å². The largest absolute Gasteiger partial charge is 0.385 e. The van der Waals surface area contributed by atoms with Crippen molar-refractivity contribution in [2.75, 3.05) is 0 Å². The van der Waals surface area contributed by atoms with E-state index in [1.165, 1.54) is 0 Å². The molecule has 0 aliphatic heterocycles. The van der Waals surface area contributed by atoms with Gasteiger partial charge in [0.2, 0.25) is 5.76 Å². The van der Waals surface area contributed by atoms with Gasteiger partial charge in [-0.15, -0.1) is 6.42 Å². The summed E-state index contributed by atoms with van der Waals surface area (Å²) in [4.78, 5) is 4.10. The summed E-state index contributed by atoms with van der Waals surface area (Å²) >= 11 is 0. The van der Waals surface area contributed by atoms with Gasteiger partial charge in [0.1, 0.15) is 17.6 Å². The molecule has 2 aromatic heterocycles. The molecule has 1 N–H and O–H groups in total. The summed E-state index contributed by atoms with van der Waals surface area (Å²) in [5, 5.41) is 13.5. The Morgan fingerprint density at radius 1 is 1.53 bits per heavy atom. The second kappa shape index (κ2) is 4.44. The van der Waals surface area contributed by atoms with Crippen LogP contribution >= 0.6 is 0 Å². The topological polar surface area (TPSA) is 64.1 Å². The number of hydrogen-bond donors (Lipinski definition) is 1. The van der Waals surface area contributed by atoms with Crippen LogP contribution in [0.5, 0.6) is 0 Å². The van der Waals surface area contributed by atoms with Gasteiger partial charge in [0, 0.05) is 18.5 Å². The Kier molecular flexibility index (Phi) is 2.98. The first-order valence-electron chi connectivity index (χ1n) is 5.27. The van der Waals surface area contributed by atoms with Crippen molar-refractivity contribution in [2.45, 2.75) is 26.0 Å². The highest BCUT2D eigenvalue weighted by atomic mass is 16.5. The number of terminal acetylenes is 1. The summed E-state index contributed by atoms with van der Waals surface area (Å²) in [5.74, 6) is 3.36. The lowest BCUT2D eigenvalue weighted by Crippen LogP contribution is -2.12. The molecular formula is C12H13N3O2. The fraction of sp³-hybridized carbons (Fsp3) is 0.333. The van der Waals surface area contributed by atoms with E-state index in [1.54, 1.807) is 25.4 Å². The quantitative estimate of drug-likeness (QED) is 0.813. The second-order valence-electron chi connectivity index (χ2n) is 3.81. The first-order chi connectivity index (χ1) is 8.13. The number of aliphatic hydroxyl groups is 1. The van der Waals surface area contributed by atoms with Gasteiger partial charge < -0.3 is 14.2 Å². The Morgan fingerprint density at radius 3 is 2.88 bits per heavy atom. The molecular weight excluding hydrogens is 218 g/mol. The minimum atomic E-state index is -0.633. The molecule has 0 radical (unpaired) electrons. The molecule has 2 atom stereocenters. The molecule has 2 aromatic rings. The smallest absolute Gasteiger partial charge is 0.209 e. The average Bonchev–Trinajstić information content (AvgIpc) is 2.97. The molecule has 0 saturated carbocycles. The van der Waals surface area contributed by atoms with Crippen molar-refractivity contribution in [3.63, 3.8) is 0 Å². The maximum Gasteiger partial charge on any atom is 0.209 e. The van der Waals surface area contributed by atoms with Gasteiger partial charge in [0.25, 0.3) is 0 Å². The van der Waals surface area contributed by atoms with Crippen LogP contribution in [0, 0.1) is 12.3 Å². The van der Waals surface area contributed by atoms with E-state index in [4.69, 9.17) is 10.9 Å². The summed E-state index contributed by atoms with van der Waals surface area (Å²) < 4.78 is 6.79. The van der Waals surface area contributed by atoms with Crippen LogP contribution < -0.4 is 0 Å². The lowest BCUT2D eigenvalue weighted by molar-refractivity contribution is 0.182. The Hall–Kier alpha value is -2.06. The van der Waals surface area contributed by atoms with Crippen LogP contribution in [0.3, 0.4) is 0 Å². The van der Waals surface area contributed by atoms with E-state index < -0.39 is 6.10 Å². The maximum atomic E-state index is 9.58. The number of hydrogen-bond acceptors (Lipinski definition) is 4. The van der Waals surface area contributed by atoms with Gasteiger partial charge in [-0.1, -0.05) is 5.16 Å². The minimum absolute atomic E-state index is 0.0899. The summed E-state index contributed by atoms with van der Waals surface area (Å²) in [6, 6.07) is 1.61. The van der Waals surface area contributed by atoms with Crippen molar-refractivity contribution in [3.05, 3.63) is 35.7 Å². The molecule has 0 amide bonds. The molecule has 2 heterocycles. The molecule has 5 heteroatoms. The highest BCUT2D eigenvalue weighted by Crippen LogP contribution is 2.21. The van der Waals surface area contributed by atoms with Crippen molar-refractivity contribution < 1.29 is 9.63 Å². The van der Waals surface area contributed by atoms with Gasteiger partial charge in [0.05, 0.1) is 6.04 Å². The maximum absolute atomic E-state index is 9.58. The van der Waals surface area contributed by atoms with Crippen LogP contribution in [0.2, 0.25) is 0 Å². The first-order valence-corrected chi connectivity index (χ1v) is 5.27. The number of imidazole rings is 1. The SMILES string of the molecule is C#Cc1cc(C(C)n2ccnc2[C@H](C)O)no1. The molecule has 5 nitrogen and oxygen atoms in total. The summed E-state index contributed by atoms with van der Waals surface area (Å²) in [5.41, 5.74) is 0.706. The molecule has 88 valence electrons. The molecule has 0 fully saturated rings. The van der Waals surface area contributed by atoms with Crippen LogP contribution in [-0.4, -0.2) is 19.8 Å². The zero-order chi connectivity index (χ0) is 12.4. The van der Waals surface area contributed by atoms with Crippen molar-refractivity contribution in [1.29, 1.82) is 0 Å². The predicted molar refractivity (Wildman–Crippen MR) is 61.1 cm³/mol. The van der Waals surface area contributed by atoms with E-state index in [0.717, 1.165) is 0 Å². The van der Waals surface area contributed by atoms with E-state index >= 15 is 0 Å². The Labute approximate surface area is 99.1 Å². The molecule has 0 aromatic carbocycles.